The summed E-state index contributed by atoms with van der Waals surface area (Å²) in [6, 6.07) is 6.59. The number of piperidine rings is 1. The molecular weight excluding hydrogens is 382 g/mol. The van der Waals surface area contributed by atoms with Crippen molar-refractivity contribution in [3.8, 4) is 0 Å². The Balaban J connectivity index is 1.75. The van der Waals surface area contributed by atoms with E-state index >= 15 is 0 Å². The van der Waals surface area contributed by atoms with E-state index in [1.54, 1.807) is 31.2 Å². The van der Waals surface area contributed by atoms with Gasteiger partial charge in [-0.25, -0.2) is 9.69 Å². The van der Waals surface area contributed by atoms with E-state index < -0.39 is 11.6 Å². The van der Waals surface area contributed by atoms with Gasteiger partial charge >= 0.3 is 12.0 Å². The molecule has 3 amide bonds. The minimum atomic E-state index is -1.11. The lowest BCUT2D eigenvalue weighted by atomic mass is 9.87. The van der Waals surface area contributed by atoms with E-state index in [0.717, 1.165) is 19.4 Å². The highest BCUT2D eigenvalue weighted by atomic mass is 35.5. The molecule has 1 aromatic carbocycles. The molecule has 0 radical (unpaired) electrons. The Morgan fingerprint density at radius 1 is 1.36 bits per heavy atom. The normalized spacial score (nSPS) is 25.7. The summed E-state index contributed by atoms with van der Waals surface area (Å²) in [6.07, 6.45) is 2.00. The van der Waals surface area contributed by atoms with Gasteiger partial charge in [0.15, 0.2) is 0 Å². The lowest BCUT2D eigenvalue weighted by Crippen LogP contribution is -2.48. The minimum Gasteiger partial charge on any atom is -0.466 e. The molecule has 1 aromatic rings. The van der Waals surface area contributed by atoms with Crippen LogP contribution in [-0.4, -0.2) is 54.1 Å². The standard InChI is InChI=1S/C20H26ClN3O4/c1-3-20(15-8-5-9-16(21)11-15)18(26)24(19(27)22-20)13-23-10-6-7-14(12-23)17(25)28-4-2/h5,8-9,11,14H,3-4,6-7,10,12-13H2,1-2H3,(H,22,27)/t14-,20+/m0/s1. The van der Waals surface area contributed by atoms with Crippen LogP contribution in [0, 0.1) is 5.92 Å². The quantitative estimate of drug-likeness (QED) is 0.579. The van der Waals surface area contributed by atoms with Crippen LogP contribution in [0.4, 0.5) is 4.79 Å². The summed E-state index contributed by atoms with van der Waals surface area (Å²) in [4.78, 5) is 41.2. The Morgan fingerprint density at radius 2 is 2.14 bits per heavy atom. The first-order valence-corrected chi connectivity index (χ1v) is 10.1. The van der Waals surface area contributed by atoms with Crippen molar-refractivity contribution in [3.05, 3.63) is 34.9 Å². The minimum absolute atomic E-state index is 0.156. The van der Waals surface area contributed by atoms with Gasteiger partial charge in [0, 0.05) is 11.6 Å². The third-order valence-electron chi connectivity index (χ3n) is 5.49. The molecule has 2 heterocycles. The van der Waals surface area contributed by atoms with E-state index in [2.05, 4.69) is 5.32 Å². The van der Waals surface area contributed by atoms with Crippen molar-refractivity contribution in [2.45, 2.75) is 38.6 Å². The molecule has 7 nitrogen and oxygen atoms in total. The number of urea groups is 1. The summed E-state index contributed by atoms with van der Waals surface area (Å²) < 4.78 is 5.12. The maximum absolute atomic E-state index is 13.3. The first-order chi connectivity index (χ1) is 13.4. The molecule has 2 saturated heterocycles. The molecule has 8 heteroatoms. The van der Waals surface area contributed by atoms with Gasteiger partial charge in [-0.05, 0) is 50.4 Å². The fourth-order valence-electron chi connectivity index (χ4n) is 3.98. The number of halogens is 1. The van der Waals surface area contributed by atoms with Gasteiger partial charge in [-0.2, -0.15) is 0 Å². The van der Waals surface area contributed by atoms with Gasteiger partial charge in [0.25, 0.3) is 5.91 Å². The predicted octanol–water partition coefficient (Wildman–Crippen LogP) is 2.73. The van der Waals surface area contributed by atoms with Gasteiger partial charge in [0.1, 0.15) is 5.54 Å². The number of hydrogen-bond acceptors (Lipinski definition) is 5. The number of esters is 1. The second-order valence-corrected chi connectivity index (χ2v) is 7.68. The first kappa shape index (κ1) is 20.6. The highest BCUT2D eigenvalue weighted by Gasteiger charge is 2.51. The molecule has 0 saturated carbocycles. The largest absolute Gasteiger partial charge is 0.466 e. The second-order valence-electron chi connectivity index (χ2n) is 7.24. The number of nitrogens with one attached hydrogen (secondary N) is 1. The molecule has 2 aliphatic heterocycles. The van der Waals surface area contributed by atoms with Gasteiger partial charge in [-0.3, -0.25) is 14.5 Å². The highest BCUT2D eigenvalue weighted by Crippen LogP contribution is 2.34. The number of rotatable bonds is 6. The Labute approximate surface area is 169 Å². The SMILES string of the molecule is CCOC(=O)[C@H]1CCCN(CN2C(=O)N[C@](CC)(c3cccc(Cl)c3)C2=O)C1. The number of hydrogen-bond donors (Lipinski definition) is 1. The summed E-state index contributed by atoms with van der Waals surface area (Å²) in [7, 11) is 0. The van der Waals surface area contributed by atoms with E-state index in [9.17, 15) is 14.4 Å². The lowest BCUT2D eigenvalue weighted by molar-refractivity contribution is -0.150. The highest BCUT2D eigenvalue weighted by molar-refractivity contribution is 6.30. The van der Waals surface area contributed by atoms with Gasteiger partial charge in [-0.15, -0.1) is 0 Å². The summed E-state index contributed by atoms with van der Waals surface area (Å²) in [5, 5.41) is 3.38. The Kier molecular flexibility index (Phi) is 6.25. The van der Waals surface area contributed by atoms with Crippen LogP contribution < -0.4 is 5.32 Å². The molecule has 0 aliphatic carbocycles. The summed E-state index contributed by atoms with van der Waals surface area (Å²) >= 11 is 6.10. The van der Waals surface area contributed by atoms with Crippen molar-refractivity contribution in [1.29, 1.82) is 0 Å². The number of carbonyl (C=O) groups is 3. The molecule has 0 bridgehead atoms. The predicted molar refractivity (Wildman–Crippen MR) is 105 cm³/mol. The van der Waals surface area contributed by atoms with E-state index in [4.69, 9.17) is 16.3 Å². The smallest absolute Gasteiger partial charge is 0.326 e. The molecule has 0 spiro atoms. The van der Waals surface area contributed by atoms with Gasteiger partial charge < -0.3 is 10.1 Å². The zero-order valence-electron chi connectivity index (χ0n) is 16.2. The van der Waals surface area contributed by atoms with Crippen LogP contribution in [0.25, 0.3) is 0 Å². The van der Waals surface area contributed by atoms with Gasteiger partial charge in [0.05, 0.1) is 19.2 Å². The molecule has 0 aromatic heterocycles. The second kappa shape index (κ2) is 8.49. The zero-order chi connectivity index (χ0) is 20.3. The fraction of sp³-hybridized carbons (Fsp3) is 0.550. The summed E-state index contributed by atoms with van der Waals surface area (Å²) in [5.74, 6) is -0.731. The molecule has 2 aliphatic rings. The molecule has 152 valence electrons. The van der Waals surface area contributed by atoms with Crippen LogP contribution in [0.5, 0.6) is 0 Å². The van der Waals surface area contributed by atoms with Gasteiger partial charge in [-0.1, -0.05) is 30.7 Å². The summed E-state index contributed by atoms with van der Waals surface area (Å²) in [6.45, 7) is 5.35. The fourth-order valence-corrected chi connectivity index (χ4v) is 4.17. The van der Waals surface area contributed by atoms with Crippen LogP contribution >= 0.6 is 11.6 Å². The van der Waals surface area contributed by atoms with E-state index in [-0.39, 0.29) is 24.5 Å². The molecule has 2 atom stereocenters. The van der Waals surface area contributed by atoms with E-state index in [0.29, 0.717) is 30.2 Å². The maximum atomic E-state index is 13.3. The number of imide groups is 1. The average Bonchev–Trinajstić information content (AvgIpc) is 2.93. The topological polar surface area (TPSA) is 79.0 Å². The molecule has 28 heavy (non-hydrogen) atoms. The average molecular weight is 408 g/mol. The first-order valence-electron chi connectivity index (χ1n) is 9.70. The van der Waals surface area contributed by atoms with Crippen LogP contribution in [0.15, 0.2) is 24.3 Å². The number of nitrogens with zero attached hydrogens (tertiary/aromatic N) is 2. The number of ether oxygens (including phenoxy) is 1. The van der Waals surface area contributed by atoms with Gasteiger partial charge in [0.2, 0.25) is 0 Å². The van der Waals surface area contributed by atoms with Crippen molar-refractivity contribution in [3.63, 3.8) is 0 Å². The number of benzene rings is 1. The van der Waals surface area contributed by atoms with Crippen LogP contribution in [0.2, 0.25) is 5.02 Å². The molecular formula is C20H26ClN3O4. The van der Waals surface area contributed by atoms with E-state index in [1.807, 2.05) is 11.8 Å². The van der Waals surface area contributed by atoms with Crippen molar-refractivity contribution in [2.75, 3.05) is 26.4 Å². The zero-order valence-corrected chi connectivity index (χ0v) is 17.0. The lowest BCUT2D eigenvalue weighted by Gasteiger charge is -2.33. The maximum Gasteiger partial charge on any atom is 0.326 e. The van der Waals surface area contributed by atoms with Crippen LogP contribution in [0.1, 0.15) is 38.7 Å². The van der Waals surface area contributed by atoms with E-state index in [1.165, 1.54) is 4.90 Å². The molecule has 3 rings (SSSR count). The van der Waals surface area contributed by atoms with Crippen LogP contribution in [-0.2, 0) is 19.9 Å². The third-order valence-corrected chi connectivity index (χ3v) is 5.73. The molecule has 2 fully saturated rings. The number of carbonyl (C=O) groups excluding carboxylic acids is 3. The number of amides is 3. The van der Waals surface area contributed by atoms with Crippen molar-refractivity contribution in [1.82, 2.24) is 15.1 Å². The Morgan fingerprint density at radius 3 is 2.82 bits per heavy atom. The van der Waals surface area contributed by atoms with Crippen molar-refractivity contribution < 1.29 is 19.1 Å². The molecule has 1 N–H and O–H groups in total. The van der Waals surface area contributed by atoms with Crippen molar-refractivity contribution >= 4 is 29.5 Å². The molecule has 0 unspecified atom stereocenters. The monoisotopic (exact) mass is 407 g/mol. The van der Waals surface area contributed by atoms with Crippen molar-refractivity contribution in [2.24, 2.45) is 5.92 Å². The third kappa shape index (κ3) is 3.86. The Bertz CT molecular complexity index is 772. The summed E-state index contributed by atoms with van der Waals surface area (Å²) in [5.41, 5.74) is -0.440. The number of likely N-dealkylation sites (tertiary alicyclic amines) is 1. The Hall–Kier alpha value is -2.12. The van der Waals surface area contributed by atoms with Crippen LogP contribution in [0.3, 0.4) is 0 Å².